The van der Waals surface area contributed by atoms with E-state index in [9.17, 15) is 4.79 Å². The topological polar surface area (TPSA) is 98.2 Å². The third-order valence-electron chi connectivity index (χ3n) is 4.34. The van der Waals surface area contributed by atoms with Crippen molar-refractivity contribution >= 4 is 17.6 Å². The normalized spacial score (nSPS) is 12.3. The molecule has 7 heteroatoms. The average Bonchev–Trinajstić information content (AvgIpc) is 2.96. The number of fused-ring (bicyclic) bond motifs is 1. The van der Waals surface area contributed by atoms with Crippen LogP contribution in [0, 0.1) is 13.8 Å². The van der Waals surface area contributed by atoms with Gasteiger partial charge in [0.05, 0.1) is 6.04 Å². The third-order valence-corrected chi connectivity index (χ3v) is 4.34. The molecule has 7 nitrogen and oxygen atoms in total. The fraction of sp³-hybridized carbons (Fsp3) is 0.333. The number of aryl methyl sites for hydroxylation is 2. The minimum atomic E-state index is -0.0217. The first-order valence-corrected chi connectivity index (χ1v) is 8.28. The molecule has 0 bridgehead atoms. The molecule has 3 rings (SSSR count). The van der Waals surface area contributed by atoms with E-state index in [1.807, 2.05) is 51.1 Å². The van der Waals surface area contributed by atoms with E-state index in [4.69, 9.17) is 5.73 Å². The molecule has 0 aliphatic carbocycles. The molecule has 0 aliphatic heterocycles. The maximum absolute atomic E-state index is 12.3. The van der Waals surface area contributed by atoms with Crippen LogP contribution in [0.15, 0.2) is 30.3 Å². The average molecular weight is 338 g/mol. The van der Waals surface area contributed by atoms with Crippen molar-refractivity contribution < 1.29 is 4.79 Å². The molecule has 3 N–H and O–H groups in total. The van der Waals surface area contributed by atoms with Crippen molar-refractivity contribution in [2.75, 3.05) is 5.73 Å². The predicted molar refractivity (Wildman–Crippen MR) is 96.0 cm³/mol. The SMILES string of the molecule is Cc1nc2nc(N)nn2c(C)c1CCC(=O)N[C@H](C)c1ccccc1. The highest BCUT2D eigenvalue weighted by Crippen LogP contribution is 2.17. The number of nitrogens with two attached hydrogens (primary N) is 1. The van der Waals surface area contributed by atoms with E-state index in [0.717, 1.165) is 22.5 Å². The van der Waals surface area contributed by atoms with Gasteiger partial charge in [-0.2, -0.15) is 9.50 Å². The first-order chi connectivity index (χ1) is 12.0. The van der Waals surface area contributed by atoms with E-state index in [2.05, 4.69) is 20.4 Å². The molecule has 0 saturated heterocycles. The summed E-state index contributed by atoms with van der Waals surface area (Å²) >= 11 is 0. The fourth-order valence-electron chi connectivity index (χ4n) is 2.96. The molecule has 1 aromatic carbocycles. The maximum Gasteiger partial charge on any atom is 0.254 e. The van der Waals surface area contributed by atoms with Gasteiger partial charge in [0.15, 0.2) is 0 Å². The highest BCUT2D eigenvalue weighted by molar-refractivity contribution is 5.76. The minimum absolute atomic E-state index is 0.00774. The van der Waals surface area contributed by atoms with Gasteiger partial charge in [-0.1, -0.05) is 30.3 Å². The molecular weight excluding hydrogens is 316 g/mol. The van der Waals surface area contributed by atoms with Gasteiger partial charge in [-0.15, -0.1) is 5.10 Å². The van der Waals surface area contributed by atoms with Gasteiger partial charge in [0.2, 0.25) is 11.9 Å². The molecule has 1 amide bonds. The molecule has 0 spiro atoms. The lowest BCUT2D eigenvalue weighted by Crippen LogP contribution is -2.27. The molecule has 0 radical (unpaired) electrons. The summed E-state index contributed by atoms with van der Waals surface area (Å²) in [6, 6.07) is 9.89. The van der Waals surface area contributed by atoms with Gasteiger partial charge in [-0.05, 0) is 38.3 Å². The van der Waals surface area contributed by atoms with E-state index in [1.54, 1.807) is 4.52 Å². The Morgan fingerprint density at radius 3 is 2.68 bits per heavy atom. The number of carbonyl (C=O) groups excluding carboxylic acids is 1. The summed E-state index contributed by atoms with van der Waals surface area (Å²) in [5, 5.41) is 7.18. The predicted octanol–water partition coefficient (Wildman–Crippen LogP) is 2.13. The van der Waals surface area contributed by atoms with Crippen molar-refractivity contribution in [2.45, 2.75) is 39.7 Å². The first-order valence-electron chi connectivity index (χ1n) is 8.28. The Morgan fingerprint density at radius 1 is 1.24 bits per heavy atom. The Hall–Kier alpha value is -2.96. The van der Waals surface area contributed by atoms with Crippen molar-refractivity contribution in [2.24, 2.45) is 0 Å². The van der Waals surface area contributed by atoms with Crippen LogP contribution in [0.25, 0.3) is 5.78 Å². The minimum Gasteiger partial charge on any atom is -0.366 e. The zero-order valence-corrected chi connectivity index (χ0v) is 14.7. The molecule has 2 heterocycles. The van der Waals surface area contributed by atoms with Crippen LogP contribution in [0.5, 0.6) is 0 Å². The molecule has 25 heavy (non-hydrogen) atoms. The second-order valence-corrected chi connectivity index (χ2v) is 6.14. The van der Waals surface area contributed by atoms with Crippen molar-refractivity contribution in [3.05, 3.63) is 52.8 Å². The molecule has 130 valence electrons. The van der Waals surface area contributed by atoms with Crippen LogP contribution in [0.2, 0.25) is 0 Å². The maximum atomic E-state index is 12.3. The lowest BCUT2D eigenvalue weighted by molar-refractivity contribution is -0.121. The van der Waals surface area contributed by atoms with Crippen LogP contribution in [-0.2, 0) is 11.2 Å². The van der Waals surface area contributed by atoms with E-state index in [-0.39, 0.29) is 17.9 Å². The monoisotopic (exact) mass is 338 g/mol. The van der Waals surface area contributed by atoms with Crippen LogP contribution < -0.4 is 11.1 Å². The van der Waals surface area contributed by atoms with Gasteiger partial charge in [0.1, 0.15) is 0 Å². The number of hydrogen-bond donors (Lipinski definition) is 2. The number of carbonyl (C=O) groups is 1. The van der Waals surface area contributed by atoms with Crippen molar-refractivity contribution in [1.82, 2.24) is 24.9 Å². The Labute approximate surface area is 146 Å². The number of aromatic nitrogens is 4. The van der Waals surface area contributed by atoms with E-state index >= 15 is 0 Å². The number of hydrogen-bond acceptors (Lipinski definition) is 5. The van der Waals surface area contributed by atoms with Crippen molar-refractivity contribution in [1.29, 1.82) is 0 Å². The Balaban J connectivity index is 1.69. The summed E-state index contributed by atoms with van der Waals surface area (Å²) in [4.78, 5) is 20.8. The second kappa shape index (κ2) is 6.88. The summed E-state index contributed by atoms with van der Waals surface area (Å²) < 4.78 is 1.63. The fourth-order valence-corrected chi connectivity index (χ4v) is 2.96. The number of nitrogens with one attached hydrogen (secondary N) is 1. The molecule has 3 aromatic rings. The first kappa shape index (κ1) is 16.9. The van der Waals surface area contributed by atoms with Crippen LogP contribution in [-0.4, -0.2) is 25.5 Å². The summed E-state index contributed by atoms with van der Waals surface area (Å²) in [5.41, 5.74) is 9.49. The zero-order chi connectivity index (χ0) is 18.0. The number of benzene rings is 1. The van der Waals surface area contributed by atoms with Crippen LogP contribution in [0.4, 0.5) is 5.95 Å². The molecular formula is C18H22N6O. The molecule has 0 unspecified atom stereocenters. The second-order valence-electron chi connectivity index (χ2n) is 6.14. The van der Waals surface area contributed by atoms with Gasteiger partial charge in [0.25, 0.3) is 5.78 Å². The summed E-state index contributed by atoms with van der Waals surface area (Å²) in [6.45, 7) is 5.84. The van der Waals surface area contributed by atoms with E-state index in [0.29, 0.717) is 18.6 Å². The standard InChI is InChI=1S/C18H22N6O/c1-11(14-7-5-4-6-8-14)20-16(25)10-9-15-12(2)21-18-22-17(19)23-24(18)13(15)3/h4-8,11H,9-10H2,1-3H3,(H2,19,23)(H,20,25)/t11-/m1/s1. The zero-order valence-electron chi connectivity index (χ0n) is 14.7. The lowest BCUT2D eigenvalue weighted by atomic mass is 10.1. The highest BCUT2D eigenvalue weighted by atomic mass is 16.1. The Kier molecular flexibility index (Phi) is 4.65. The van der Waals surface area contributed by atoms with Gasteiger partial charge in [-0.25, -0.2) is 4.98 Å². The van der Waals surface area contributed by atoms with Crippen molar-refractivity contribution in [3.63, 3.8) is 0 Å². The number of anilines is 1. The Bertz CT molecular complexity index is 903. The van der Waals surface area contributed by atoms with Gasteiger partial charge in [0, 0.05) is 17.8 Å². The summed E-state index contributed by atoms with van der Waals surface area (Å²) in [5.74, 6) is 0.688. The number of amides is 1. The smallest absolute Gasteiger partial charge is 0.254 e. The molecule has 0 aliphatic rings. The van der Waals surface area contributed by atoms with Crippen LogP contribution >= 0.6 is 0 Å². The largest absolute Gasteiger partial charge is 0.366 e. The lowest BCUT2D eigenvalue weighted by Gasteiger charge is -2.15. The summed E-state index contributed by atoms with van der Waals surface area (Å²) in [6.07, 6.45) is 0.976. The number of nitrogen functional groups attached to an aromatic ring is 1. The third kappa shape index (κ3) is 3.60. The van der Waals surface area contributed by atoms with Gasteiger partial charge >= 0.3 is 0 Å². The van der Waals surface area contributed by atoms with Gasteiger partial charge < -0.3 is 11.1 Å². The van der Waals surface area contributed by atoms with Gasteiger partial charge in [-0.3, -0.25) is 4.79 Å². The quantitative estimate of drug-likeness (QED) is 0.742. The molecule has 2 aromatic heterocycles. The highest BCUT2D eigenvalue weighted by Gasteiger charge is 2.15. The van der Waals surface area contributed by atoms with Crippen LogP contribution in [0.1, 0.15) is 41.9 Å². The number of rotatable bonds is 5. The molecule has 0 saturated carbocycles. The molecule has 0 fully saturated rings. The molecule has 1 atom stereocenters. The number of nitrogens with zero attached hydrogens (tertiary/aromatic N) is 4. The van der Waals surface area contributed by atoms with Crippen LogP contribution in [0.3, 0.4) is 0 Å². The summed E-state index contributed by atoms with van der Waals surface area (Å²) in [7, 11) is 0. The van der Waals surface area contributed by atoms with E-state index < -0.39 is 0 Å². The van der Waals surface area contributed by atoms with Crippen molar-refractivity contribution in [3.8, 4) is 0 Å². The Morgan fingerprint density at radius 2 is 1.96 bits per heavy atom. The van der Waals surface area contributed by atoms with E-state index in [1.165, 1.54) is 0 Å².